The fourth-order valence-electron chi connectivity index (χ4n) is 3.27. The fraction of sp³-hybridized carbons (Fsp3) is 0.632. The normalized spacial score (nSPS) is 15.0. The zero-order valence-corrected chi connectivity index (χ0v) is 18.3. The van der Waals surface area contributed by atoms with E-state index in [9.17, 15) is 23.3 Å². The fourth-order valence-corrected chi connectivity index (χ4v) is 4.29. The van der Waals surface area contributed by atoms with E-state index in [4.69, 9.17) is 4.74 Å². The van der Waals surface area contributed by atoms with E-state index in [1.54, 1.807) is 6.92 Å². The Morgan fingerprint density at radius 2 is 2.00 bits per heavy atom. The second-order valence-electron chi connectivity index (χ2n) is 7.32. The lowest BCUT2D eigenvalue weighted by atomic mass is 10.1. The van der Waals surface area contributed by atoms with E-state index >= 15 is 0 Å². The average molecular weight is 443 g/mol. The summed E-state index contributed by atoms with van der Waals surface area (Å²) in [6, 6.07) is 4.11. The highest BCUT2D eigenvalue weighted by molar-refractivity contribution is 7.92. The Morgan fingerprint density at radius 1 is 1.30 bits per heavy atom. The Balaban J connectivity index is 1.83. The molecule has 1 saturated heterocycles. The summed E-state index contributed by atoms with van der Waals surface area (Å²) in [6.07, 6.45) is 2.38. The maximum atomic E-state index is 12.2. The molecule has 168 valence electrons. The zero-order chi connectivity index (χ0) is 22.1. The lowest BCUT2D eigenvalue weighted by molar-refractivity contribution is -0.384. The standard InChI is InChI=1S/C19H30N4O6S/c1-16-6-7-17(23(25)26)15-18(16)22(30(2,27)28)10-3-5-19(24)20-8-4-9-21-11-13-29-14-12-21/h6-7,15H,3-5,8-14H2,1-2H3,(H,20,24). The van der Waals surface area contributed by atoms with Gasteiger partial charge in [-0.3, -0.25) is 24.1 Å². The Kier molecular flexibility index (Phi) is 9.00. The van der Waals surface area contributed by atoms with Gasteiger partial charge in [0.15, 0.2) is 0 Å². The van der Waals surface area contributed by atoms with Crippen molar-refractivity contribution in [1.82, 2.24) is 10.2 Å². The highest BCUT2D eigenvalue weighted by atomic mass is 32.2. The van der Waals surface area contributed by atoms with Gasteiger partial charge in [-0.05, 0) is 31.9 Å². The molecule has 1 amide bonds. The molecule has 1 heterocycles. The van der Waals surface area contributed by atoms with E-state index in [2.05, 4.69) is 10.2 Å². The third kappa shape index (κ3) is 7.54. The van der Waals surface area contributed by atoms with Crippen molar-refractivity contribution >= 4 is 27.3 Å². The number of rotatable bonds is 11. The molecule has 1 N–H and O–H groups in total. The average Bonchev–Trinajstić information content (AvgIpc) is 2.69. The van der Waals surface area contributed by atoms with Crippen molar-refractivity contribution in [3.63, 3.8) is 0 Å². The molecule has 1 aliphatic rings. The van der Waals surface area contributed by atoms with Crippen LogP contribution in [-0.4, -0.2) is 76.3 Å². The number of nitrogens with zero attached hydrogens (tertiary/aromatic N) is 3. The van der Waals surface area contributed by atoms with E-state index in [1.165, 1.54) is 18.2 Å². The number of carbonyl (C=O) groups excluding carboxylic acids is 1. The SMILES string of the molecule is Cc1ccc([N+](=O)[O-])cc1N(CCCC(=O)NCCCN1CCOCC1)S(C)(=O)=O. The van der Waals surface area contributed by atoms with Crippen LogP contribution >= 0.6 is 0 Å². The van der Waals surface area contributed by atoms with Crippen LogP contribution in [0.25, 0.3) is 0 Å². The summed E-state index contributed by atoms with van der Waals surface area (Å²) in [6.45, 7) is 6.53. The van der Waals surface area contributed by atoms with E-state index in [0.29, 0.717) is 18.5 Å². The smallest absolute Gasteiger partial charge is 0.271 e. The summed E-state index contributed by atoms with van der Waals surface area (Å²) in [5, 5.41) is 13.9. The first kappa shape index (κ1) is 24.0. The van der Waals surface area contributed by atoms with Crippen molar-refractivity contribution in [3.8, 4) is 0 Å². The number of anilines is 1. The van der Waals surface area contributed by atoms with Gasteiger partial charge in [-0.2, -0.15) is 0 Å². The van der Waals surface area contributed by atoms with Gasteiger partial charge in [0.1, 0.15) is 0 Å². The molecule has 0 bridgehead atoms. The van der Waals surface area contributed by atoms with Gasteiger partial charge in [0.25, 0.3) is 5.69 Å². The molecular formula is C19H30N4O6S. The van der Waals surface area contributed by atoms with Crippen molar-refractivity contribution in [2.75, 3.05) is 56.5 Å². The zero-order valence-electron chi connectivity index (χ0n) is 17.5. The van der Waals surface area contributed by atoms with E-state index in [-0.39, 0.29) is 30.2 Å². The van der Waals surface area contributed by atoms with Crippen LogP contribution in [0.15, 0.2) is 18.2 Å². The molecule has 0 spiro atoms. The van der Waals surface area contributed by atoms with Crippen molar-refractivity contribution in [2.45, 2.75) is 26.2 Å². The second kappa shape index (κ2) is 11.2. The summed E-state index contributed by atoms with van der Waals surface area (Å²) in [4.78, 5) is 24.8. The van der Waals surface area contributed by atoms with Crippen molar-refractivity contribution in [1.29, 1.82) is 0 Å². The van der Waals surface area contributed by atoms with Crippen molar-refractivity contribution < 1.29 is 22.9 Å². The van der Waals surface area contributed by atoms with Gasteiger partial charge < -0.3 is 10.1 Å². The lowest BCUT2D eigenvalue weighted by Gasteiger charge is -2.26. The number of sulfonamides is 1. The molecule has 0 radical (unpaired) electrons. The van der Waals surface area contributed by atoms with Crippen LogP contribution in [0, 0.1) is 17.0 Å². The molecule has 0 atom stereocenters. The largest absolute Gasteiger partial charge is 0.379 e. The predicted molar refractivity (Wildman–Crippen MR) is 114 cm³/mol. The van der Waals surface area contributed by atoms with E-state index in [1.807, 2.05) is 0 Å². The van der Waals surface area contributed by atoms with Crippen LogP contribution in [0.4, 0.5) is 11.4 Å². The number of carbonyl (C=O) groups is 1. The number of nitro groups is 1. The van der Waals surface area contributed by atoms with Crippen molar-refractivity contribution in [3.05, 3.63) is 33.9 Å². The molecule has 1 aliphatic heterocycles. The van der Waals surface area contributed by atoms with Gasteiger partial charge in [-0.15, -0.1) is 0 Å². The van der Waals surface area contributed by atoms with Crippen LogP contribution in [0.2, 0.25) is 0 Å². The minimum atomic E-state index is -3.65. The third-order valence-corrected chi connectivity index (χ3v) is 6.09. The number of ether oxygens (including phenoxy) is 1. The van der Waals surface area contributed by atoms with Gasteiger partial charge >= 0.3 is 0 Å². The maximum absolute atomic E-state index is 12.2. The Hall–Kier alpha value is -2.24. The predicted octanol–water partition coefficient (Wildman–Crippen LogP) is 1.29. The van der Waals surface area contributed by atoms with E-state index < -0.39 is 14.9 Å². The van der Waals surface area contributed by atoms with Gasteiger partial charge in [-0.25, -0.2) is 8.42 Å². The summed E-state index contributed by atoms with van der Waals surface area (Å²) in [5.41, 5.74) is 0.693. The quantitative estimate of drug-likeness (QED) is 0.311. The highest BCUT2D eigenvalue weighted by Gasteiger charge is 2.22. The number of hydrogen-bond acceptors (Lipinski definition) is 7. The van der Waals surface area contributed by atoms with E-state index in [0.717, 1.165) is 49.8 Å². The third-order valence-electron chi connectivity index (χ3n) is 4.91. The first-order valence-corrected chi connectivity index (χ1v) is 11.8. The molecular weight excluding hydrogens is 412 g/mol. The number of non-ortho nitro benzene ring substituents is 1. The maximum Gasteiger partial charge on any atom is 0.271 e. The number of nitro benzene ring substituents is 1. The van der Waals surface area contributed by atoms with Gasteiger partial charge in [0.05, 0.1) is 30.1 Å². The summed E-state index contributed by atoms with van der Waals surface area (Å²) in [7, 11) is -3.65. The monoisotopic (exact) mass is 442 g/mol. The number of benzene rings is 1. The molecule has 1 fully saturated rings. The first-order chi connectivity index (χ1) is 14.2. The van der Waals surface area contributed by atoms with Crippen LogP contribution in [0.1, 0.15) is 24.8 Å². The summed E-state index contributed by atoms with van der Waals surface area (Å²) in [5.74, 6) is -0.138. The van der Waals surface area contributed by atoms with Gasteiger partial charge in [-0.1, -0.05) is 6.07 Å². The topological polar surface area (TPSA) is 122 Å². The Bertz CT molecular complexity index is 839. The molecule has 0 saturated carbocycles. The van der Waals surface area contributed by atoms with Gasteiger partial charge in [0, 0.05) is 44.7 Å². The van der Waals surface area contributed by atoms with Gasteiger partial charge in [0.2, 0.25) is 15.9 Å². The summed E-state index contributed by atoms with van der Waals surface area (Å²) >= 11 is 0. The van der Waals surface area contributed by atoms with Crippen LogP contribution in [0.5, 0.6) is 0 Å². The van der Waals surface area contributed by atoms with Crippen LogP contribution in [-0.2, 0) is 19.6 Å². The number of amides is 1. The highest BCUT2D eigenvalue weighted by Crippen LogP contribution is 2.27. The molecule has 1 aromatic rings. The molecule has 0 unspecified atom stereocenters. The molecule has 1 aromatic carbocycles. The van der Waals surface area contributed by atoms with Crippen molar-refractivity contribution in [2.24, 2.45) is 0 Å². The molecule has 0 aliphatic carbocycles. The number of morpholine rings is 1. The molecule has 2 rings (SSSR count). The van der Waals surface area contributed by atoms with Crippen LogP contribution < -0.4 is 9.62 Å². The lowest BCUT2D eigenvalue weighted by Crippen LogP contribution is -2.38. The molecule has 0 aromatic heterocycles. The minimum Gasteiger partial charge on any atom is -0.379 e. The molecule has 11 heteroatoms. The Labute approximate surface area is 177 Å². The molecule has 10 nitrogen and oxygen atoms in total. The number of aryl methyl sites for hydroxylation is 1. The summed E-state index contributed by atoms with van der Waals surface area (Å²) < 4.78 is 30.9. The minimum absolute atomic E-state index is 0.0715. The van der Waals surface area contributed by atoms with Crippen LogP contribution in [0.3, 0.4) is 0 Å². The number of hydrogen-bond donors (Lipinski definition) is 1. The Morgan fingerprint density at radius 3 is 2.63 bits per heavy atom. The first-order valence-electron chi connectivity index (χ1n) is 9.98. The number of nitrogens with one attached hydrogen (secondary N) is 1. The molecule has 30 heavy (non-hydrogen) atoms. The second-order valence-corrected chi connectivity index (χ2v) is 9.23.